The molecule has 0 saturated heterocycles. The molecule has 0 aliphatic heterocycles. The summed E-state index contributed by atoms with van der Waals surface area (Å²) in [5.74, 6) is -0.563. The fourth-order valence-electron chi connectivity index (χ4n) is 4.33. The zero-order chi connectivity index (χ0) is 28.5. The van der Waals surface area contributed by atoms with Gasteiger partial charge in [-0.1, -0.05) is 80.6 Å². The first-order chi connectivity index (χ1) is 18.5. The standard InChI is InChI=1S/C30H36NO7P/c1-22-16-23(2)29(30(3,4)18-27(32)31-19-28(33)35-5)26(17-22)38-39(34,36-20-24-12-8-6-9-13-24)37-21-25-14-10-7-11-15-25/h6-17H,18-21H2,1-5H3,(H,31,32). The van der Waals surface area contributed by atoms with Gasteiger partial charge in [0.05, 0.1) is 20.3 Å². The van der Waals surface area contributed by atoms with Gasteiger partial charge in [-0.25, -0.2) is 4.57 Å². The molecule has 0 saturated carbocycles. The van der Waals surface area contributed by atoms with Gasteiger partial charge < -0.3 is 14.6 Å². The lowest BCUT2D eigenvalue weighted by Crippen LogP contribution is -2.35. The molecular formula is C30H36NO7P. The molecule has 3 rings (SSSR count). The van der Waals surface area contributed by atoms with E-state index in [4.69, 9.17) is 13.6 Å². The van der Waals surface area contributed by atoms with Crippen molar-refractivity contribution in [2.24, 2.45) is 0 Å². The van der Waals surface area contributed by atoms with Crippen molar-refractivity contribution in [2.45, 2.75) is 52.7 Å². The number of esters is 1. The molecule has 0 unspecified atom stereocenters. The highest BCUT2D eigenvalue weighted by molar-refractivity contribution is 7.48. The number of amides is 1. The van der Waals surface area contributed by atoms with Crippen molar-refractivity contribution in [1.29, 1.82) is 0 Å². The molecule has 0 atom stereocenters. The van der Waals surface area contributed by atoms with E-state index in [1.54, 1.807) is 6.07 Å². The molecule has 0 radical (unpaired) electrons. The molecule has 9 heteroatoms. The number of carbonyl (C=O) groups is 2. The number of nitrogens with one attached hydrogen (secondary N) is 1. The van der Waals surface area contributed by atoms with Crippen molar-refractivity contribution in [3.05, 3.63) is 101 Å². The number of rotatable bonds is 13. The molecule has 3 aromatic rings. The highest BCUT2D eigenvalue weighted by Crippen LogP contribution is 2.53. The van der Waals surface area contributed by atoms with Crippen LogP contribution >= 0.6 is 7.82 Å². The van der Waals surface area contributed by atoms with Gasteiger partial charge in [-0.3, -0.25) is 18.6 Å². The number of hydrogen-bond donors (Lipinski definition) is 1. The minimum Gasteiger partial charge on any atom is -0.468 e. The quantitative estimate of drug-likeness (QED) is 0.199. The monoisotopic (exact) mass is 553 g/mol. The third kappa shape index (κ3) is 9.06. The predicted molar refractivity (Wildman–Crippen MR) is 149 cm³/mol. The Hall–Kier alpha value is -3.45. The van der Waals surface area contributed by atoms with Crippen LogP contribution in [0, 0.1) is 13.8 Å². The van der Waals surface area contributed by atoms with Crippen LogP contribution in [-0.4, -0.2) is 25.5 Å². The molecule has 3 aromatic carbocycles. The molecule has 0 aromatic heterocycles. The predicted octanol–water partition coefficient (Wildman–Crippen LogP) is 6.18. The fraction of sp³-hybridized carbons (Fsp3) is 0.333. The third-order valence-electron chi connectivity index (χ3n) is 6.05. The van der Waals surface area contributed by atoms with Crippen LogP contribution in [-0.2, 0) is 46.6 Å². The second-order valence-corrected chi connectivity index (χ2v) is 11.5. The molecule has 1 amide bonds. The SMILES string of the molecule is COC(=O)CNC(=O)CC(C)(C)c1c(C)cc(C)cc1OP(=O)(OCc1ccccc1)OCc1ccccc1. The summed E-state index contributed by atoms with van der Waals surface area (Å²) in [7, 11) is -2.87. The van der Waals surface area contributed by atoms with Crippen molar-refractivity contribution < 1.29 is 32.5 Å². The van der Waals surface area contributed by atoms with Crippen molar-refractivity contribution in [1.82, 2.24) is 5.32 Å². The summed E-state index contributed by atoms with van der Waals surface area (Å²) < 4.78 is 36.4. The van der Waals surface area contributed by atoms with Crippen LogP contribution < -0.4 is 9.84 Å². The van der Waals surface area contributed by atoms with Gasteiger partial charge in [0.2, 0.25) is 5.91 Å². The number of methoxy groups -OCH3 is 1. The second kappa shape index (κ2) is 13.6. The van der Waals surface area contributed by atoms with Gasteiger partial charge in [0.1, 0.15) is 12.3 Å². The summed E-state index contributed by atoms with van der Waals surface area (Å²) in [6, 6.07) is 22.4. The van der Waals surface area contributed by atoms with Crippen molar-refractivity contribution in [2.75, 3.05) is 13.7 Å². The first-order valence-corrected chi connectivity index (χ1v) is 14.1. The lowest BCUT2D eigenvalue weighted by atomic mass is 9.78. The molecule has 8 nitrogen and oxygen atoms in total. The number of ether oxygens (including phenoxy) is 1. The van der Waals surface area contributed by atoms with Crippen LogP contribution in [0.5, 0.6) is 5.75 Å². The Morgan fingerprint density at radius 2 is 1.41 bits per heavy atom. The van der Waals surface area contributed by atoms with E-state index in [0.717, 1.165) is 22.3 Å². The zero-order valence-electron chi connectivity index (χ0n) is 23.1. The smallest absolute Gasteiger partial charge is 0.468 e. The zero-order valence-corrected chi connectivity index (χ0v) is 24.0. The highest BCUT2D eigenvalue weighted by atomic mass is 31.2. The lowest BCUT2D eigenvalue weighted by Gasteiger charge is -2.30. The summed E-state index contributed by atoms with van der Waals surface area (Å²) in [6.07, 6.45) is 0.0459. The van der Waals surface area contributed by atoms with Crippen molar-refractivity contribution >= 4 is 19.7 Å². The molecule has 39 heavy (non-hydrogen) atoms. The average Bonchev–Trinajstić information content (AvgIpc) is 2.90. The first kappa shape index (κ1) is 30.1. The number of phosphoric ester groups is 1. The largest absolute Gasteiger partial charge is 0.530 e. The van der Waals surface area contributed by atoms with Crippen LogP contribution in [0.25, 0.3) is 0 Å². The first-order valence-electron chi connectivity index (χ1n) is 12.6. The van der Waals surface area contributed by atoms with E-state index in [-0.39, 0.29) is 32.1 Å². The Morgan fingerprint density at radius 3 is 1.92 bits per heavy atom. The summed E-state index contributed by atoms with van der Waals surface area (Å²) >= 11 is 0. The van der Waals surface area contributed by atoms with Crippen LogP contribution in [0.2, 0.25) is 0 Å². The number of carbonyl (C=O) groups excluding carboxylic acids is 2. The number of benzene rings is 3. The van der Waals surface area contributed by atoms with E-state index in [1.807, 2.05) is 94.4 Å². The minimum atomic E-state index is -4.13. The maximum atomic E-state index is 14.1. The van der Waals surface area contributed by atoms with Crippen molar-refractivity contribution in [3.8, 4) is 5.75 Å². The van der Waals surface area contributed by atoms with Crippen LogP contribution in [0.3, 0.4) is 0 Å². The maximum absolute atomic E-state index is 14.1. The number of hydrogen-bond acceptors (Lipinski definition) is 7. The Morgan fingerprint density at radius 1 is 0.872 bits per heavy atom. The van der Waals surface area contributed by atoms with Crippen LogP contribution in [0.15, 0.2) is 72.8 Å². The van der Waals surface area contributed by atoms with Gasteiger partial charge in [0, 0.05) is 17.4 Å². The van der Waals surface area contributed by atoms with Crippen LogP contribution in [0.1, 0.15) is 48.1 Å². The number of phosphoric acid groups is 1. The second-order valence-electron chi connectivity index (χ2n) is 9.93. The summed E-state index contributed by atoms with van der Waals surface area (Å²) in [6.45, 7) is 7.39. The molecule has 0 spiro atoms. The van der Waals surface area contributed by atoms with Crippen LogP contribution in [0.4, 0.5) is 0 Å². The Labute approximate surface area is 230 Å². The Bertz CT molecular complexity index is 1260. The van der Waals surface area contributed by atoms with E-state index < -0.39 is 19.2 Å². The minimum absolute atomic E-state index is 0.0202. The Balaban J connectivity index is 1.91. The molecule has 1 N–H and O–H groups in total. The topological polar surface area (TPSA) is 100 Å². The summed E-state index contributed by atoms with van der Waals surface area (Å²) in [5, 5.41) is 2.58. The Kier molecular flexibility index (Phi) is 10.5. The van der Waals surface area contributed by atoms with Gasteiger partial charge in [-0.05, 0) is 42.2 Å². The van der Waals surface area contributed by atoms with Gasteiger partial charge in [-0.15, -0.1) is 0 Å². The summed E-state index contributed by atoms with van der Waals surface area (Å²) in [5.41, 5.74) is 3.30. The van der Waals surface area contributed by atoms with Gasteiger partial charge in [0.25, 0.3) is 0 Å². The van der Waals surface area contributed by atoms with Gasteiger partial charge >= 0.3 is 13.8 Å². The van der Waals surface area contributed by atoms with E-state index in [0.29, 0.717) is 11.3 Å². The van der Waals surface area contributed by atoms with Gasteiger partial charge in [0.15, 0.2) is 0 Å². The summed E-state index contributed by atoms with van der Waals surface area (Å²) in [4.78, 5) is 24.1. The fourth-order valence-corrected chi connectivity index (χ4v) is 5.51. The molecular weight excluding hydrogens is 517 g/mol. The normalized spacial score (nSPS) is 11.6. The van der Waals surface area contributed by atoms with E-state index in [2.05, 4.69) is 10.1 Å². The average molecular weight is 554 g/mol. The molecule has 0 aliphatic rings. The molecule has 0 aliphatic carbocycles. The molecule has 0 bridgehead atoms. The molecule has 208 valence electrons. The van der Waals surface area contributed by atoms with E-state index in [9.17, 15) is 14.2 Å². The highest BCUT2D eigenvalue weighted by Gasteiger charge is 2.35. The van der Waals surface area contributed by atoms with E-state index in [1.165, 1.54) is 7.11 Å². The molecule has 0 fully saturated rings. The third-order valence-corrected chi connectivity index (χ3v) is 7.37. The number of aryl methyl sites for hydroxylation is 2. The van der Waals surface area contributed by atoms with E-state index >= 15 is 0 Å². The lowest BCUT2D eigenvalue weighted by molar-refractivity contribution is -0.141. The maximum Gasteiger partial charge on any atom is 0.530 e. The van der Waals surface area contributed by atoms with Crippen molar-refractivity contribution in [3.63, 3.8) is 0 Å². The molecule has 0 heterocycles. The van der Waals surface area contributed by atoms with Gasteiger partial charge in [-0.2, -0.15) is 0 Å².